The van der Waals surface area contributed by atoms with Crippen LogP contribution in [0.3, 0.4) is 0 Å². The topological polar surface area (TPSA) is 195 Å². The molecule has 0 amide bonds. The lowest BCUT2D eigenvalue weighted by atomic mass is 10.0. The molecule has 0 aliphatic heterocycles. The van der Waals surface area contributed by atoms with Crippen LogP contribution in [-0.2, 0) is 41.8 Å². The Morgan fingerprint density at radius 1 is 0.527 bits per heavy atom. The maximum Gasteiger partial charge on any atom is 0.472 e. The predicted octanol–water partition coefficient (Wildman–Crippen LogP) is 10.1. The molecule has 4 N–H and O–H groups in total. The van der Waals surface area contributed by atoms with Gasteiger partial charge in [-0.1, -0.05) is 140 Å². The Morgan fingerprint density at radius 2 is 0.945 bits per heavy atom. The zero-order chi connectivity index (χ0) is 40.9. The van der Waals surface area contributed by atoms with Crippen LogP contribution in [0.15, 0.2) is 36.5 Å². The number of hydrogen-bond acceptors (Lipinski definition) is 10. The van der Waals surface area contributed by atoms with Gasteiger partial charge < -0.3 is 29.3 Å². The average Bonchev–Trinajstić information content (AvgIpc) is 3.14. The third-order valence-corrected chi connectivity index (χ3v) is 9.96. The molecule has 0 bridgehead atoms. The second kappa shape index (κ2) is 36.7. The van der Waals surface area contributed by atoms with Crippen LogP contribution in [0.2, 0.25) is 0 Å². The molecule has 0 aromatic rings. The molecule has 0 saturated heterocycles. The van der Waals surface area contributed by atoms with E-state index >= 15 is 0 Å². The summed E-state index contributed by atoms with van der Waals surface area (Å²) in [6, 6.07) is 0. The van der Waals surface area contributed by atoms with Crippen molar-refractivity contribution in [3.8, 4) is 0 Å². The molecule has 15 heteroatoms. The first kappa shape index (κ1) is 53.3. The van der Waals surface area contributed by atoms with Crippen molar-refractivity contribution in [3.05, 3.63) is 36.5 Å². The molecule has 0 saturated carbocycles. The van der Waals surface area contributed by atoms with Crippen LogP contribution in [0, 0.1) is 0 Å². The Morgan fingerprint density at radius 3 is 1.49 bits per heavy atom. The molecule has 0 aliphatic rings. The molecule has 0 spiro atoms. The lowest BCUT2D eigenvalue weighted by Crippen LogP contribution is -2.30. The molecule has 0 rings (SSSR count). The number of carbonyl (C=O) groups is 2. The van der Waals surface area contributed by atoms with Crippen LogP contribution in [0.25, 0.3) is 0 Å². The number of allylic oxidation sites excluding steroid dienone is 6. The van der Waals surface area contributed by atoms with Crippen LogP contribution in [0.4, 0.5) is 0 Å². The summed E-state index contributed by atoms with van der Waals surface area (Å²) in [6.07, 6.45) is 34.3. The number of esters is 2. The molecule has 0 fully saturated rings. The standard InChI is InChI=1S/C40H74O13P2/c1-3-5-7-9-11-13-15-17-18-20-22-24-26-28-30-32-40(43)53-38(36-52-55(47,48)51-34-37(41)33-50-54(44,45)46)35-49-39(42)31-29-27-25-23-21-19-16-14-12-10-8-6-4-2/h11,13,17-18,22,24,37-38,41H,3-10,12,14-16,19-21,23,25-36H2,1-2H3,(H,47,48)(H2,44,45,46). The summed E-state index contributed by atoms with van der Waals surface area (Å²) in [6.45, 7) is 1.69. The third kappa shape index (κ3) is 40.3. The third-order valence-electron chi connectivity index (χ3n) is 8.52. The summed E-state index contributed by atoms with van der Waals surface area (Å²) in [5, 5.41) is 9.72. The molecular weight excluding hydrogens is 750 g/mol. The lowest BCUT2D eigenvalue weighted by Gasteiger charge is -2.20. The number of rotatable bonds is 39. The average molecular weight is 825 g/mol. The zero-order valence-electron chi connectivity index (χ0n) is 33.8. The number of phosphoric ester groups is 2. The number of phosphoric acid groups is 2. The van der Waals surface area contributed by atoms with Gasteiger partial charge in [0.1, 0.15) is 12.7 Å². The molecule has 13 nitrogen and oxygen atoms in total. The van der Waals surface area contributed by atoms with Gasteiger partial charge in [-0.25, -0.2) is 9.13 Å². The van der Waals surface area contributed by atoms with Crippen LogP contribution >= 0.6 is 15.6 Å². The summed E-state index contributed by atoms with van der Waals surface area (Å²) < 4.78 is 47.6. The van der Waals surface area contributed by atoms with Gasteiger partial charge in [0.05, 0.1) is 19.8 Å². The van der Waals surface area contributed by atoms with E-state index < -0.39 is 66.2 Å². The Balaban J connectivity index is 4.61. The highest BCUT2D eigenvalue weighted by molar-refractivity contribution is 7.47. The van der Waals surface area contributed by atoms with Crippen LogP contribution in [-0.4, -0.2) is 70.4 Å². The van der Waals surface area contributed by atoms with Gasteiger partial charge in [0, 0.05) is 12.8 Å². The Labute approximate surface area is 331 Å². The number of aliphatic hydroxyl groups is 1. The van der Waals surface area contributed by atoms with Gasteiger partial charge in [-0.05, 0) is 51.4 Å². The van der Waals surface area contributed by atoms with E-state index in [-0.39, 0.29) is 12.8 Å². The van der Waals surface area contributed by atoms with Crippen molar-refractivity contribution in [2.45, 2.75) is 180 Å². The second-order valence-electron chi connectivity index (χ2n) is 13.9. The van der Waals surface area contributed by atoms with Gasteiger partial charge in [-0.3, -0.25) is 23.2 Å². The van der Waals surface area contributed by atoms with Crippen molar-refractivity contribution in [3.63, 3.8) is 0 Å². The first-order chi connectivity index (χ1) is 26.4. The molecule has 0 heterocycles. The normalized spacial score (nSPS) is 14.5. The van der Waals surface area contributed by atoms with Gasteiger partial charge >= 0.3 is 27.6 Å². The minimum atomic E-state index is -4.86. The fraction of sp³-hybridized carbons (Fsp3) is 0.800. The Kier molecular flexibility index (Phi) is 35.6. The maximum atomic E-state index is 12.6. The smallest absolute Gasteiger partial charge is 0.462 e. The van der Waals surface area contributed by atoms with Gasteiger partial charge in [0.15, 0.2) is 6.10 Å². The van der Waals surface area contributed by atoms with Gasteiger partial charge in [-0.2, -0.15) is 0 Å². The van der Waals surface area contributed by atoms with Crippen LogP contribution in [0.1, 0.15) is 168 Å². The highest BCUT2D eigenvalue weighted by Crippen LogP contribution is 2.43. The summed E-state index contributed by atoms with van der Waals surface area (Å²) in [4.78, 5) is 52.5. The Hall–Kier alpha value is -1.66. The number of carbonyl (C=O) groups excluding carboxylic acids is 2. The van der Waals surface area contributed by atoms with E-state index in [1.165, 1.54) is 77.0 Å². The van der Waals surface area contributed by atoms with Gasteiger partial charge in [-0.15, -0.1) is 0 Å². The highest BCUT2D eigenvalue weighted by atomic mass is 31.2. The van der Waals surface area contributed by atoms with E-state index in [1.807, 2.05) is 0 Å². The van der Waals surface area contributed by atoms with E-state index in [9.17, 15) is 28.7 Å². The number of unbranched alkanes of at least 4 members (excludes halogenated alkanes) is 17. The molecule has 0 radical (unpaired) electrons. The van der Waals surface area contributed by atoms with Crippen molar-refractivity contribution in [2.24, 2.45) is 0 Å². The highest BCUT2D eigenvalue weighted by Gasteiger charge is 2.28. The molecular formula is C40H74O13P2. The van der Waals surface area contributed by atoms with E-state index in [2.05, 4.69) is 59.4 Å². The van der Waals surface area contributed by atoms with Gasteiger partial charge in [0.2, 0.25) is 0 Å². The van der Waals surface area contributed by atoms with Crippen molar-refractivity contribution >= 4 is 27.6 Å². The molecule has 0 aromatic carbocycles. The molecule has 0 aliphatic carbocycles. The molecule has 322 valence electrons. The molecule has 3 unspecified atom stereocenters. The van der Waals surface area contributed by atoms with Crippen molar-refractivity contribution in [1.82, 2.24) is 0 Å². The first-order valence-corrected chi connectivity index (χ1v) is 23.7. The molecule has 55 heavy (non-hydrogen) atoms. The minimum Gasteiger partial charge on any atom is -0.462 e. The SMILES string of the molecule is CCCCCC=CCC=CCC=CCCCCC(=O)OC(COC(=O)CCCCCCCCCCCCCCC)COP(=O)(O)OCC(O)COP(=O)(O)O. The van der Waals surface area contributed by atoms with E-state index in [0.29, 0.717) is 12.8 Å². The van der Waals surface area contributed by atoms with Crippen molar-refractivity contribution in [1.29, 1.82) is 0 Å². The Bertz CT molecular complexity index is 1120. The largest absolute Gasteiger partial charge is 0.472 e. The summed E-state index contributed by atoms with van der Waals surface area (Å²) in [5.74, 6) is -1.07. The van der Waals surface area contributed by atoms with Crippen molar-refractivity contribution in [2.75, 3.05) is 26.4 Å². The fourth-order valence-electron chi connectivity index (χ4n) is 5.35. The fourth-order valence-corrected chi connectivity index (χ4v) is 6.51. The quantitative estimate of drug-likeness (QED) is 0.0198. The number of hydrogen-bond donors (Lipinski definition) is 4. The summed E-state index contributed by atoms with van der Waals surface area (Å²) in [5.41, 5.74) is 0. The first-order valence-electron chi connectivity index (χ1n) is 20.7. The summed E-state index contributed by atoms with van der Waals surface area (Å²) >= 11 is 0. The predicted molar refractivity (Wildman–Crippen MR) is 216 cm³/mol. The van der Waals surface area contributed by atoms with E-state index in [4.69, 9.17) is 23.8 Å². The minimum absolute atomic E-state index is 0.0841. The maximum absolute atomic E-state index is 12.6. The lowest BCUT2D eigenvalue weighted by molar-refractivity contribution is -0.161. The molecule has 3 atom stereocenters. The monoisotopic (exact) mass is 824 g/mol. The number of aliphatic hydroxyl groups excluding tert-OH is 1. The van der Waals surface area contributed by atoms with Crippen LogP contribution < -0.4 is 0 Å². The number of ether oxygens (including phenoxy) is 2. The molecule has 0 aromatic heterocycles. The summed E-state index contributed by atoms with van der Waals surface area (Å²) in [7, 11) is -9.67. The zero-order valence-corrected chi connectivity index (χ0v) is 35.6. The van der Waals surface area contributed by atoms with Crippen LogP contribution in [0.5, 0.6) is 0 Å². The van der Waals surface area contributed by atoms with Gasteiger partial charge in [0.25, 0.3) is 0 Å². The van der Waals surface area contributed by atoms with E-state index in [0.717, 1.165) is 51.4 Å². The second-order valence-corrected chi connectivity index (χ2v) is 16.6. The van der Waals surface area contributed by atoms with Crippen molar-refractivity contribution < 1.29 is 61.6 Å². The van der Waals surface area contributed by atoms with E-state index in [1.54, 1.807) is 0 Å².